The van der Waals surface area contributed by atoms with Gasteiger partial charge in [-0.3, -0.25) is 0 Å². The number of rotatable bonds is 8. The summed E-state index contributed by atoms with van der Waals surface area (Å²) in [6.07, 6.45) is 4.99. The van der Waals surface area contributed by atoms with Crippen molar-refractivity contribution in [3.63, 3.8) is 0 Å². The van der Waals surface area contributed by atoms with Crippen LogP contribution in [0.25, 0.3) is 0 Å². The molecule has 1 aliphatic rings. The van der Waals surface area contributed by atoms with Gasteiger partial charge in [-0.05, 0) is 38.1 Å². The van der Waals surface area contributed by atoms with Crippen LogP contribution in [0.4, 0.5) is 13.2 Å². The first-order valence-corrected chi connectivity index (χ1v) is 7.91. The van der Waals surface area contributed by atoms with E-state index in [2.05, 4.69) is 12.2 Å². The Morgan fingerprint density at radius 1 is 1.15 bits per heavy atom. The third-order valence-electron chi connectivity index (χ3n) is 3.96. The lowest BCUT2D eigenvalue weighted by molar-refractivity contribution is -0.174. The Morgan fingerprint density at radius 3 is 2.35 bits per heavy atom. The first-order valence-electron chi connectivity index (χ1n) is 7.91. The van der Waals surface area contributed by atoms with Crippen molar-refractivity contribution in [3.05, 3.63) is 0 Å². The molecule has 0 aromatic carbocycles. The summed E-state index contributed by atoms with van der Waals surface area (Å²) >= 11 is 0. The number of nitrogens with one attached hydrogen (secondary N) is 1. The molecule has 2 nitrogen and oxygen atoms in total. The van der Waals surface area contributed by atoms with Crippen molar-refractivity contribution in [2.45, 2.75) is 70.5 Å². The molecule has 0 amide bonds. The first kappa shape index (κ1) is 17.8. The molecule has 1 rings (SSSR count). The van der Waals surface area contributed by atoms with Crippen LogP contribution < -0.4 is 5.32 Å². The van der Waals surface area contributed by atoms with Crippen LogP contribution in [0.1, 0.15) is 58.3 Å². The van der Waals surface area contributed by atoms with Gasteiger partial charge >= 0.3 is 6.18 Å². The van der Waals surface area contributed by atoms with E-state index in [0.717, 1.165) is 13.0 Å². The fourth-order valence-electron chi connectivity index (χ4n) is 2.95. The maximum atomic E-state index is 12.1. The van der Waals surface area contributed by atoms with Gasteiger partial charge in [0.05, 0.1) is 0 Å². The molecule has 20 heavy (non-hydrogen) atoms. The molecule has 1 unspecified atom stereocenters. The molecule has 1 fully saturated rings. The summed E-state index contributed by atoms with van der Waals surface area (Å²) in [7, 11) is 0. The van der Waals surface area contributed by atoms with E-state index in [0.29, 0.717) is 18.4 Å². The van der Waals surface area contributed by atoms with E-state index in [1.54, 1.807) is 0 Å². The van der Waals surface area contributed by atoms with Crippen LogP contribution in [0.5, 0.6) is 0 Å². The molecule has 0 aliphatic heterocycles. The molecule has 5 heteroatoms. The van der Waals surface area contributed by atoms with Gasteiger partial charge in [0.2, 0.25) is 0 Å². The Kier molecular flexibility index (Phi) is 8.53. The minimum absolute atomic E-state index is 0.192. The average Bonchev–Trinajstić information content (AvgIpc) is 2.65. The topological polar surface area (TPSA) is 21.3 Å². The van der Waals surface area contributed by atoms with Crippen LogP contribution in [-0.4, -0.2) is 32.0 Å². The molecule has 0 aromatic heterocycles. The van der Waals surface area contributed by atoms with Gasteiger partial charge in [0, 0.05) is 12.6 Å². The summed E-state index contributed by atoms with van der Waals surface area (Å²) in [5.74, 6) is 0.596. The van der Waals surface area contributed by atoms with Gasteiger partial charge in [-0.25, -0.2) is 0 Å². The van der Waals surface area contributed by atoms with Crippen molar-refractivity contribution in [2.75, 3.05) is 19.8 Å². The van der Waals surface area contributed by atoms with E-state index >= 15 is 0 Å². The molecule has 1 atom stereocenters. The fourth-order valence-corrected chi connectivity index (χ4v) is 2.95. The fraction of sp³-hybridized carbons (Fsp3) is 1.00. The van der Waals surface area contributed by atoms with Crippen molar-refractivity contribution in [2.24, 2.45) is 5.92 Å². The molecule has 0 bridgehead atoms. The highest BCUT2D eigenvalue weighted by molar-refractivity contribution is 4.78. The van der Waals surface area contributed by atoms with E-state index in [4.69, 9.17) is 4.74 Å². The van der Waals surface area contributed by atoms with Crippen LogP contribution in [-0.2, 0) is 4.74 Å². The third-order valence-corrected chi connectivity index (χ3v) is 3.96. The molecule has 0 radical (unpaired) electrons. The Morgan fingerprint density at radius 2 is 1.80 bits per heavy atom. The van der Waals surface area contributed by atoms with Gasteiger partial charge < -0.3 is 10.1 Å². The Labute approximate surface area is 120 Å². The molecule has 1 saturated carbocycles. The summed E-state index contributed by atoms with van der Waals surface area (Å²) < 4.78 is 40.9. The van der Waals surface area contributed by atoms with Crippen LogP contribution in [0.15, 0.2) is 0 Å². The lowest BCUT2D eigenvalue weighted by Crippen LogP contribution is -2.38. The maximum absolute atomic E-state index is 12.1. The summed E-state index contributed by atoms with van der Waals surface area (Å²) in [6.45, 7) is 2.10. The Bertz CT molecular complexity index is 238. The summed E-state index contributed by atoms with van der Waals surface area (Å²) in [5, 5.41) is 3.50. The molecule has 1 aliphatic carbocycles. The average molecular weight is 295 g/mol. The number of alkyl halides is 3. The van der Waals surface area contributed by atoms with E-state index in [9.17, 15) is 13.2 Å². The monoisotopic (exact) mass is 295 g/mol. The lowest BCUT2D eigenvalue weighted by Gasteiger charge is -2.27. The standard InChI is InChI=1S/C15H28F3NO/c1-2-10-19-14(9-11-20-12-15(16,17)18)13-7-5-3-4-6-8-13/h13-14,19H,2-12H2,1H3. The molecule has 0 spiro atoms. The third kappa shape index (κ3) is 8.10. The van der Waals surface area contributed by atoms with Crippen LogP contribution in [0, 0.1) is 5.92 Å². The number of hydrogen-bond acceptors (Lipinski definition) is 2. The second kappa shape index (κ2) is 9.61. The summed E-state index contributed by atoms with van der Waals surface area (Å²) in [6, 6.07) is 0.307. The second-order valence-corrected chi connectivity index (χ2v) is 5.77. The zero-order chi connectivity index (χ0) is 14.8. The SMILES string of the molecule is CCCNC(CCOCC(F)(F)F)C1CCCCCC1. The largest absolute Gasteiger partial charge is 0.411 e. The van der Waals surface area contributed by atoms with Crippen molar-refractivity contribution < 1.29 is 17.9 Å². The van der Waals surface area contributed by atoms with Gasteiger partial charge in [-0.1, -0.05) is 32.6 Å². The van der Waals surface area contributed by atoms with Gasteiger partial charge in [0.15, 0.2) is 0 Å². The van der Waals surface area contributed by atoms with E-state index in [1.165, 1.54) is 38.5 Å². The molecule has 0 saturated heterocycles. The van der Waals surface area contributed by atoms with E-state index < -0.39 is 12.8 Å². The molecular formula is C15H28F3NO. The lowest BCUT2D eigenvalue weighted by atomic mass is 9.90. The highest BCUT2D eigenvalue weighted by atomic mass is 19.4. The number of ether oxygens (including phenoxy) is 1. The van der Waals surface area contributed by atoms with E-state index in [-0.39, 0.29) is 6.61 Å². The quantitative estimate of drug-likeness (QED) is 0.532. The van der Waals surface area contributed by atoms with Crippen molar-refractivity contribution in [3.8, 4) is 0 Å². The molecular weight excluding hydrogens is 267 g/mol. The highest BCUT2D eigenvalue weighted by Crippen LogP contribution is 2.27. The van der Waals surface area contributed by atoms with Gasteiger partial charge in [-0.2, -0.15) is 13.2 Å². The minimum Gasteiger partial charge on any atom is -0.372 e. The number of hydrogen-bond donors (Lipinski definition) is 1. The van der Waals surface area contributed by atoms with E-state index in [1.807, 2.05) is 0 Å². The van der Waals surface area contributed by atoms with Crippen LogP contribution >= 0.6 is 0 Å². The van der Waals surface area contributed by atoms with Crippen molar-refractivity contribution in [1.29, 1.82) is 0 Å². The molecule has 0 aromatic rings. The second-order valence-electron chi connectivity index (χ2n) is 5.77. The normalized spacial score (nSPS) is 19.8. The Balaban J connectivity index is 2.34. The number of halogens is 3. The smallest absolute Gasteiger partial charge is 0.372 e. The highest BCUT2D eigenvalue weighted by Gasteiger charge is 2.28. The van der Waals surface area contributed by atoms with Crippen LogP contribution in [0.3, 0.4) is 0 Å². The zero-order valence-corrected chi connectivity index (χ0v) is 12.5. The van der Waals surface area contributed by atoms with Crippen LogP contribution in [0.2, 0.25) is 0 Å². The van der Waals surface area contributed by atoms with Crippen molar-refractivity contribution in [1.82, 2.24) is 5.32 Å². The zero-order valence-electron chi connectivity index (χ0n) is 12.5. The predicted molar refractivity (Wildman–Crippen MR) is 74.8 cm³/mol. The van der Waals surface area contributed by atoms with Gasteiger partial charge in [-0.15, -0.1) is 0 Å². The maximum Gasteiger partial charge on any atom is 0.411 e. The molecule has 0 heterocycles. The van der Waals surface area contributed by atoms with Crippen molar-refractivity contribution >= 4 is 0 Å². The summed E-state index contributed by atoms with van der Waals surface area (Å²) in [5.41, 5.74) is 0. The Hall–Kier alpha value is -0.290. The van der Waals surface area contributed by atoms with Gasteiger partial charge in [0.1, 0.15) is 6.61 Å². The van der Waals surface area contributed by atoms with Gasteiger partial charge in [0.25, 0.3) is 0 Å². The molecule has 120 valence electrons. The predicted octanol–water partition coefficient (Wildman–Crippen LogP) is 4.29. The molecule has 1 N–H and O–H groups in total. The minimum atomic E-state index is -4.21. The summed E-state index contributed by atoms with van der Waals surface area (Å²) in [4.78, 5) is 0. The first-order chi connectivity index (χ1) is 9.53.